The summed E-state index contributed by atoms with van der Waals surface area (Å²) in [5.41, 5.74) is 2.30. The first-order valence-corrected chi connectivity index (χ1v) is 7.75. The van der Waals surface area contributed by atoms with Crippen LogP contribution in [0, 0.1) is 6.92 Å². The van der Waals surface area contributed by atoms with E-state index in [1.54, 1.807) is 19.2 Å². The predicted octanol–water partition coefficient (Wildman–Crippen LogP) is 3.65. The highest BCUT2D eigenvalue weighted by Crippen LogP contribution is 2.25. The molecule has 0 aliphatic heterocycles. The minimum absolute atomic E-state index is 0.00984. The van der Waals surface area contributed by atoms with Crippen LogP contribution in [0.15, 0.2) is 48.5 Å². The van der Waals surface area contributed by atoms with Crippen LogP contribution in [-0.4, -0.2) is 19.6 Å². The van der Waals surface area contributed by atoms with E-state index in [0.717, 1.165) is 12.0 Å². The van der Waals surface area contributed by atoms with Gasteiger partial charge in [0.25, 0.3) is 5.91 Å². The van der Waals surface area contributed by atoms with E-state index < -0.39 is 0 Å². The number of hydrogen-bond acceptors (Lipinski definition) is 3. The highest BCUT2D eigenvalue weighted by Gasteiger charge is 2.13. The second kappa shape index (κ2) is 8.22. The van der Waals surface area contributed by atoms with Crippen molar-refractivity contribution in [2.24, 2.45) is 0 Å². The van der Waals surface area contributed by atoms with Gasteiger partial charge in [0, 0.05) is 0 Å². The molecule has 0 saturated carbocycles. The first kappa shape index (κ1) is 16.9. The van der Waals surface area contributed by atoms with Crippen LogP contribution in [0.4, 0.5) is 0 Å². The average molecular weight is 313 g/mol. The highest BCUT2D eigenvalue weighted by molar-refractivity contribution is 5.78. The van der Waals surface area contributed by atoms with E-state index in [1.807, 2.05) is 38.1 Å². The van der Waals surface area contributed by atoms with E-state index in [9.17, 15) is 4.79 Å². The van der Waals surface area contributed by atoms with Gasteiger partial charge in [-0.3, -0.25) is 4.79 Å². The average Bonchev–Trinajstić information content (AvgIpc) is 2.59. The van der Waals surface area contributed by atoms with Gasteiger partial charge in [0.2, 0.25) is 0 Å². The number of carbonyl (C=O) groups is 1. The molecule has 4 nitrogen and oxygen atoms in total. The number of methoxy groups -OCH3 is 1. The Morgan fingerprint density at radius 1 is 1.09 bits per heavy atom. The summed E-state index contributed by atoms with van der Waals surface area (Å²) >= 11 is 0. The van der Waals surface area contributed by atoms with Gasteiger partial charge < -0.3 is 14.8 Å². The van der Waals surface area contributed by atoms with Gasteiger partial charge in [-0.25, -0.2) is 0 Å². The van der Waals surface area contributed by atoms with Crippen molar-refractivity contribution in [3.63, 3.8) is 0 Å². The zero-order chi connectivity index (χ0) is 16.7. The number of nitrogens with one attached hydrogen (secondary N) is 1. The fourth-order valence-electron chi connectivity index (χ4n) is 2.34. The molecule has 122 valence electrons. The summed E-state index contributed by atoms with van der Waals surface area (Å²) in [5, 5.41) is 3.01. The largest absolute Gasteiger partial charge is 0.493 e. The van der Waals surface area contributed by atoms with Crippen LogP contribution in [0.1, 0.15) is 30.5 Å². The fraction of sp³-hybridized carbons (Fsp3) is 0.316. The zero-order valence-electron chi connectivity index (χ0n) is 13.8. The number of hydrogen-bond donors (Lipinski definition) is 1. The number of aryl methyl sites for hydroxylation is 1. The highest BCUT2D eigenvalue weighted by atomic mass is 16.5. The summed E-state index contributed by atoms with van der Waals surface area (Å²) in [4.78, 5) is 12.1. The summed E-state index contributed by atoms with van der Waals surface area (Å²) in [6.07, 6.45) is 0.823. The molecule has 0 saturated heterocycles. The van der Waals surface area contributed by atoms with Crippen molar-refractivity contribution in [2.75, 3.05) is 13.7 Å². The minimum Gasteiger partial charge on any atom is -0.493 e. The van der Waals surface area contributed by atoms with Crippen molar-refractivity contribution in [2.45, 2.75) is 26.3 Å². The van der Waals surface area contributed by atoms with E-state index >= 15 is 0 Å². The normalized spacial score (nSPS) is 11.6. The molecule has 1 atom stereocenters. The van der Waals surface area contributed by atoms with Crippen molar-refractivity contribution in [3.8, 4) is 11.5 Å². The Morgan fingerprint density at radius 3 is 2.35 bits per heavy atom. The van der Waals surface area contributed by atoms with Gasteiger partial charge in [-0.1, -0.05) is 48.9 Å². The third-order valence-corrected chi connectivity index (χ3v) is 3.65. The topological polar surface area (TPSA) is 47.6 Å². The maximum absolute atomic E-state index is 12.1. The molecular formula is C19H23NO3. The lowest BCUT2D eigenvalue weighted by Gasteiger charge is -2.18. The summed E-state index contributed by atoms with van der Waals surface area (Å²) < 4.78 is 10.8. The fourth-order valence-corrected chi connectivity index (χ4v) is 2.34. The molecule has 0 fully saturated rings. The predicted molar refractivity (Wildman–Crippen MR) is 90.8 cm³/mol. The Morgan fingerprint density at radius 2 is 1.74 bits per heavy atom. The van der Waals surface area contributed by atoms with Crippen LogP contribution in [-0.2, 0) is 4.79 Å². The number of rotatable bonds is 7. The summed E-state index contributed by atoms with van der Waals surface area (Å²) in [6.45, 7) is 4.05. The Hall–Kier alpha value is -2.49. The number of benzene rings is 2. The molecule has 0 unspecified atom stereocenters. The van der Waals surface area contributed by atoms with E-state index in [1.165, 1.54) is 5.56 Å². The molecule has 0 aliphatic carbocycles. The monoisotopic (exact) mass is 313 g/mol. The third-order valence-electron chi connectivity index (χ3n) is 3.65. The van der Waals surface area contributed by atoms with Crippen molar-refractivity contribution >= 4 is 5.91 Å². The molecule has 2 aromatic carbocycles. The van der Waals surface area contributed by atoms with Gasteiger partial charge in [0.05, 0.1) is 13.2 Å². The smallest absolute Gasteiger partial charge is 0.258 e. The molecule has 0 aromatic heterocycles. The van der Waals surface area contributed by atoms with Crippen LogP contribution in [0.2, 0.25) is 0 Å². The molecule has 0 heterocycles. The summed E-state index contributed by atoms with van der Waals surface area (Å²) in [6, 6.07) is 15.5. The Balaban J connectivity index is 1.94. The first-order chi connectivity index (χ1) is 11.1. The van der Waals surface area contributed by atoms with E-state index in [-0.39, 0.29) is 18.6 Å². The molecule has 0 spiro atoms. The van der Waals surface area contributed by atoms with E-state index in [0.29, 0.717) is 11.5 Å². The zero-order valence-corrected chi connectivity index (χ0v) is 13.8. The Bertz CT molecular complexity index is 637. The maximum atomic E-state index is 12.1. The van der Waals surface area contributed by atoms with Crippen molar-refractivity contribution in [1.82, 2.24) is 5.32 Å². The van der Waals surface area contributed by atoms with Crippen LogP contribution >= 0.6 is 0 Å². The van der Waals surface area contributed by atoms with Crippen LogP contribution in [0.5, 0.6) is 11.5 Å². The summed E-state index contributed by atoms with van der Waals surface area (Å²) in [5.74, 6) is 1.03. The van der Waals surface area contributed by atoms with Gasteiger partial charge in [-0.2, -0.15) is 0 Å². The second-order valence-corrected chi connectivity index (χ2v) is 5.38. The number of para-hydroxylation sites is 2. The lowest BCUT2D eigenvalue weighted by molar-refractivity contribution is -0.123. The van der Waals surface area contributed by atoms with Gasteiger partial charge in [0.1, 0.15) is 0 Å². The molecule has 2 rings (SSSR count). The summed E-state index contributed by atoms with van der Waals surface area (Å²) in [7, 11) is 1.58. The quantitative estimate of drug-likeness (QED) is 0.849. The van der Waals surface area contributed by atoms with Gasteiger partial charge in [0.15, 0.2) is 18.1 Å². The van der Waals surface area contributed by atoms with Gasteiger partial charge >= 0.3 is 0 Å². The minimum atomic E-state index is -0.150. The molecular weight excluding hydrogens is 290 g/mol. The lowest BCUT2D eigenvalue weighted by atomic mass is 10.0. The lowest BCUT2D eigenvalue weighted by Crippen LogP contribution is -2.32. The third kappa shape index (κ3) is 4.74. The van der Waals surface area contributed by atoms with Crippen LogP contribution in [0.25, 0.3) is 0 Å². The maximum Gasteiger partial charge on any atom is 0.258 e. The molecule has 0 radical (unpaired) electrons. The molecule has 0 bridgehead atoms. The molecule has 23 heavy (non-hydrogen) atoms. The van der Waals surface area contributed by atoms with Crippen LogP contribution in [0.3, 0.4) is 0 Å². The Kier molecular flexibility index (Phi) is 6.03. The van der Waals surface area contributed by atoms with Crippen molar-refractivity contribution in [1.29, 1.82) is 0 Å². The van der Waals surface area contributed by atoms with Crippen molar-refractivity contribution in [3.05, 3.63) is 59.7 Å². The SMILES string of the molecule is CC[C@H](NC(=O)COc1ccccc1OC)c1ccc(C)cc1. The molecule has 1 N–H and O–H groups in total. The van der Waals surface area contributed by atoms with Gasteiger partial charge in [-0.05, 0) is 31.0 Å². The molecule has 4 heteroatoms. The first-order valence-electron chi connectivity index (χ1n) is 7.75. The van der Waals surface area contributed by atoms with E-state index in [4.69, 9.17) is 9.47 Å². The number of amides is 1. The number of carbonyl (C=O) groups excluding carboxylic acids is 1. The molecule has 1 amide bonds. The molecule has 0 aliphatic rings. The van der Waals surface area contributed by atoms with Crippen molar-refractivity contribution < 1.29 is 14.3 Å². The molecule has 2 aromatic rings. The Labute approximate surface area is 137 Å². The van der Waals surface area contributed by atoms with E-state index in [2.05, 4.69) is 17.4 Å². The second-order valence-electron chi connectivity index (χ2n) is 5.38. The van der Waals surface area contributed by atoms with Gasteiger partial charge in [-0.15, -0.1) is 0 Å². The number of ether oxygens (including phenoxy) is 2. The standard InChI is InChI=1S/C19H23NO3/c1-4-16(15-11-9-14(2)10-12-15)20-19(21)13-23-18-8-6-5-7-17(18)22-3/h5-12,16H,4,13H2,1-3H3,(H,20,21)/t16-/m0/s1. The van der Waals surface area contributed by atoms with Crippen LogP contribution < -0.4 is 14.8 Å².